The summed E-state index contributed by atoms with van der Waals surface area (Å²) in [4.78, 5) is 19.2. The number of hydrogen-bond acceptors (Lipinski definition) is 4. The minimum absolute atomic E-state index is 0.148. The van der Waals surface area contributed by atoms with Gasteiger partial charge in [0.15, 0.2) is 5.82 Å². The number of benzene rings is 1. The lowest BCUT2D eigenvalue weighted by molar-refractivity contribution is -0.133. The van der Waals surface area contributed by atoms with Gasteiger partial charge >= 0.3 is 0 Å². The van der Waals surface area contributed by atoms with Crippen LogP contribution in [-0.4, -0.2) is 38.6 Å². The van der Waals surface area contributed by atoms with E-state index in [2.05, 4.69) is 32.9 Å². The molecule has 4 rings (SSSR count). The lowest BCUT2D eigenvalue weighted by atomic mass is 9.97. The molecule has 0 N–H and O–H groups in total. The molecule has 1 saturated heterocycles. The first-order valence-electron chi connectivity index (χ1n) is 8.74. The molecule has 0 radical (unpaired) electrons. The molecular formula is C19H22N4O2. The third-order valence-corrected chi connectivity index (χ3v) is 4.99. The fraction of sp³-hybridized carbons (Fsp3) is 0.421. The van der Waals surface area contributed by atoms with E-state index in [1.807, 2.05) is 24.0 Å². The summed E-state index contributed by atoms with van der Waals surface area (Å²) in [6.07, 6.45) is 1.96. The Morgan fingerprint density at radius 3 is 2.96 bits per heavy atom. The van der Waals surface area contributed by atoms with Crippen LogP contribution in [0.1, 0.15) is 36.2 Å². The Hall–Kier alpha value is -2.63. The summed E-state index contributed by atoms with van der Waals surface area (Å²) >= 11 is 0. The lowest BCUT2D eigenvalue weighted by Crippen LogP contribution is -2.41. The molecule has 1 aliphatic rings. The van der Waals surface area contributed by atoms with Gasteiger partial charge in [-0.15, -0.1) is 0 Å². The van der Waals surface area contributed by atoms with Crippen molar-refractivity contribution >= 4 is 16.8 Å². The maximum atomic E-state index is 12.9. The first-order chi connectivity index (χ1) is 12.1. The highest BCUT2D eigenvalue weighted by Gasteiger charge is 2.28. The number of carbonyl (C=O) groups is 1. The molecule has 1 aromatic carbocycles. The topological polar surface area (TPSA) is 64.2 Å². The maximum absolute atomic E-state index is 12.9. The molecule has 25 heavy (non-hydrogen) atoms. The van der Waals surface area contributed by atoms with E-state index < -0.39 is 0 Å². The highest BCUT2D eigenvalue weighted by molar-refractivity contribution is 5.84. The molecule has 3 heterocycles. The van der Waals surface area contributed by atoms with E-state index in [-0.39, 0.29) is 11.8 Å². The number of amides is 1. The fourth-order valence-corrected chi connectivity index (χ4v) is 3.69. The van der Waals surface area contributed by atoms with Gasteiger partial charge in [-0.05, 0) is 37.3 Å². The number of aryl methyl sites for hydroxylation is 2. The number of hydrogen-bond donors (Lipinski definition) is 0. The number of likely N-dealkylation sites (tertiary alicyclic amines) is 1. The smallest absolute Gasteiger partial charge is 0.242 e. The Kier molecular flexibility index (Phi) is 4.03. The molecule has 2 aromatic heterocycles. The Labute approximate surface area is 146 Å². The number of piperidine rings is 1. The summed E-state index contributed by atoms with van der Waals surface area (Å²) in [6, 6.07) is 10.3. The van der Waals surface area contributed by atoms with Crippen LogP contribution in [0.2, 0.25) is 0 Å². The van der Waals surface area contributed by atoms with Gasteiger partial charge in [0.05, 0.1) is 0 Å². The van der Waals surface area contributed by atoms with Crippen molar-refractivity contribution in [2.45, 2.75) is 39.2 Å². The first kappa shape index (κ1) is 15.9. The predicted octanol–water partition coefficient (Wildman–Crippen LogP) is 3.05. The summed E-state index contributed by atoms with van der Waals surface area (Å²) in [7, 11) is 0. The molecule has 0 aliphatic carbocycles. The fourth-order valence-electron chi connectivity index (χ4n) is 3.69. The van der Waals surface area contributed by atoms with Gasteiger partial charge in [-0.25, -0.2) is 0 Å². The number of rotatable bonds is 3. The molecule has 0 spiro atoms. The molecule has 6 heteroatoms. The Bertz CT molecular complexity index is 911. The van der Waals surface area contributed by atoms with Crippen LogP contribution in [0.25, 0.3) is 10.9 Å². The normalized spacial score (nSPS) is 18.0. The molecule has 1 aliphatic heterocycles. The minimum atomic E-state index is 0.148. The number of para-hydroxylation sites is 1. The number of aromatic nitrogens is 3. The van der Waals surface area contributed by atoms with Crippen LogP contribution in [-0.2, 0) is 11.3 Å². The van der Waals surface area contributed by atoms with E-state index in [1.165, 1.54) is 5.39 Å². The van der Waals surface area contributed by atoms with E-state index in [1.54, 1.807) is 6.92 Å². The van der Waals surface area contributed by atoms with Crippen molar-refractivity contribution < 1.29 is 9.32 Å². The van der Waals surface area contributed by atoms with E-state index >= 15 is 0 Å². The minimum Gasteiger partial charge on any atom is -0.340 e. The number of nitrogens with zero attached hydrogens (tertiary/aromatic N) is 4. The maximum Gasteiger partial charge on any atom is 0.242 e. The molecule has 0 bridgehead atoms. The summed E-state index contributed by atoms with van der Waals surface area (Å²) in [5, 5.41) is 5.21. The Morgan fingerprint density at radius 1 is 1.32 bits per heavy atom. The van der Waals surface area contributed by atoms with Gasteiger partial charge in [0, 0.05) is 37.1 Å². The Balaban J connectivity index is 1.51. The zero-order valence-corrected chi connectivity index (χ0v) is 14.6. The van der Waals surface area contributed by atoms with Crippen LogP contribution in [0.4, 0.5) is 0 Å². The van der Waals surface area contributed by atoms with Crippen molar-refractivity contribution in [2.24, 2.45) is 0 Å². The van der Waals surface area contributed by atoms with E-state index in [4.69, 9.17) is 4.52 Å². The second-order valence-corrected chi connectivity index (χ2v) is 6.78. The van der Waals surface area contributed by atoms with Gasteiger partial charge in [0.25, 0.3) is 0 Å². The van der Waals surface area contributed by atoms with Crippen LogP contribution < -0.4 is 0 Å². The second kappa shape index (κ2) is 6.35. The lowest BCUT2D eigenvalue weighted by Gasteiger charge is -2.31. The third kappa shape index (κ3) is 3.04. The van der Waals surface area contributed by atoms with E-state index in [0.717, 1.165) is 36.4 Å². The average molecular weight is 338 g/mol. The summed E-state index contributed by atoms with van der Waals surface area (Å²) < 4.78 is 7.19. The zero-order chi connectivity index (χ0) is 17.4. The molecule has 1 amide bonds. The van der Waals surface area contributed by atoms with Gasteiger partial charge in [0.2, 0.25) is 11.8 Å². The second-order valence-electron chi connectivity index (χ2n) is 6.78. The summed E-state index contributed by atoms with van der Waals surface area (Å²) in [5.74, 6) is 1.61. The predicted molar refractivity (Wildman–Crippen MR) is 94.3 cm³/mol. The molecule has 0 unspecified atom stereocenters. The van der Waals surface area contributed by atoms with E-state index in [9.17, 15) is 4.79 Å². The molecule has 1 atom stereocenters. The van der Waals surface area contributed by atoms with Crippen LogP contribution in [0, 0.1) is 13.8 Å². The summed E-state index contributed by atoms with van der Waals surface area (Å²) in [5.41, 5.74) is 2.22. The molecular weight excluding hydrogens is 316 g/mol. The van der Waals surface area contributed by atoms with Crippen molar-refractivity contribution in [1.82, 2.24) is 19.6 Å². The zero-order valence-electron chi connectivity index (χ0n) is 14.6. The number of fused-ring (bicyclic) bond motifs is 1. The highest BCUT2D eigenvalue weighted by Crippen LogP contribution is 2.26. The molecule has 6 nitrogen and oxygen atoms in total. The standard InChI is InChI=1S/C19H22N4O2/c1-13-10-15-6-3-4-8-17(15)23(13)12-18(24)22-9-5-7-16(11-22)19-20-14(2)25-21-19/h3-4,6,8,10,16H,5,7,9,11-12H2,1-2H3/t16-/m1/s1. The van der Waals surface area contributed by atoms with Gasteiger partial charge in [-0.2, -0.15) is 4.98 Å². The molecule has 1 fully saturated rings. The van der Waals surface area contributed by atoms with Gasteiger partial charge in [-0.3, -0.25) is 4.79 Å². The molecule has 0 saturated carbocycles. The van der Waals surface area contributed by atoms with Gasteiger partial charge in [0.1, 0.15) is 6.54 Å². The number of carbonyl (C=O) groups excluding carboxylic acids is 1. The van der Waals surface area contributed by atoms with Crippen LogP contribution in [0.15, 0.2) is 34.9 Å². The molecule has 3 aromatic rings. The Morgan fingerprint density at radius 2 is 2.16 bits per heavy atom. The third-order valence-electron chi connectivity index (χ3n) is 4.99. The first-order valence-corrected chi connectivity index (χ1v) is 8.74. The summed E-state index contributed by atoms with van der Waals surface area (Å²) in [6.45, 7) is 5.67. The van der Waals surface area contributed by atoms with Gasteiger partial charge in [-0.1, -0.05) is 23.4 Å². The average Bonchev–Trinajstić information content (AvgIpc) is 3.19. The van der Waals surface area contributed by atoms with E-state index in [0.29, 0.717) is 19.0 Å². The van der Waals surface area contributed by atoms with Crippen LogP contribution >= 0.6 is 0 Å². The SMILES string of the molecule is Cc1nc([C@@H]2CCCN(C(=O)Cn3c(C)cc4ccccc43)C2)no1. The van der Waals surface area contributed by atoms with Crippen LogP contribution in [0.5, 0.6) is 0 Å². The van der Waals surface area contributed by atoms with Crippen molar-refractivity contribution in [3.63, 3.8) is 0 Å². The van der Waals surface area contributed by atoms with Crippen molar-refractivity contribution in [3.05, 3.63) is 47.7 Å². The quantitative estimate of drug-likeness (QED) is 0.736. The van der Waals surface area contributed by atoms with Crippen molar-refractivity contribution in [2.75, 3.05) is 13.1 Å². The molecule has 130 valence electrons. The van der Waals surface area contributed by atoms with Crippen molar-refractivity contribution in [3.8, 4) is 0 Å². The van der Waals surface area contributed by atoms with Crippen LogP contribution in [0.3, 0.4) is 0 Å². The monoisotopic (exact) mass is 338 g/mol. The highest BCUT2D eigenvalue weighted by atomic mass is 16.5. The largest absolute Gasteiger partial charge is 0.340 e. The van der Waals surface area contributed by atoms with Gasteiger partial charge < -0.3 is 14.0 Å². The van der Waals surface area contributed by atoms with Crippen molar-refractivity contribution in [1.29, 1.82) is 0 Å².